The van der Waals surface area contributed by atoms with Crippen molar-refractivity contribution >= 4 is 5.69 Å². The summed E-state index contributed by atoms with van der Waals surface area (Å²) in [6, 6.07) is 2.61. The Morgan fingerprint density at radius 1 is 1.28 bits per heavy atom. The standard InChI is InChI=1S/C15H24N2O/c1-9-5-14(10(2)11(3)15(9)18-4)17-8-12-6-13(16)7-12/h5,12-13,17H,6-8,16H2,1-4H3. The van der Waals surface area contributed by atoms with Crippen LogP contribution in [0.1, 0.15) is 29.5 Å². The fraction of sp³-hybridized carbons (Fsp3) is 0.600. The summed E-state index contributed by atoms with van der Waals surface area (Å²) in [5.74, 6) is 1.74. The van der Waals surface area contributed by atoms with E-state index in [1.807, 2.05) is 0 Å². The summed E-state index contributed by atoms with van der Waals surface area (Å²) in [7, 11) is 1.73. The van der Waals surface area contributed by atoms with Gasteiger partial charge in [-0.05, 0) is 62.3 Å². The van der Waals surface area contributed by atoms with Gasteiger partial charge in [0, 0.05) is 18.3 Å². The minimum Gasteiger partial charge on any atom is -0.496 e. The molecule has 1 aliphatic rings. The molecule has 0 heterocycles. The van der Waals surface area contributed by atoms with Crippen molar-refractivity contribution in [2.45, 2.75) is 39.7 Å². The zero-order valence-electron chi connectivity index (χ0n) is 11.8. The average Bonchev–Trinajstić information content (AvgIpc) is 2.29. The number of nitrogens with two attached hydrogens (primary N) is 1. The Hall–Kier alpha value is -1.22. The molecule has 1 saturated carbocycles. The van der Waals surface area contributed by atoms with E-state index in [2.05, 4.69) is 32.2 Å². The van der Waals surface area contributed by atoms with E-state index < -0.39 is 0 Å². The number of ether oxygens (including phenoxy) is 1. The van der Waals surface area contributed by atoms with E-state index in [0.717, 1.165) is 31.1 Å². The SMILES string of the molecule is COc1c(C)cc(NCC2CC(N)C2)c(C)c1C. The molecule has 3 nitrogen and oxygen atoms in total. The van der Waals surface area contributed by atoms with Crippen LogP contribution in [0.15, 0.2) is 6.07 Å². The molecule has 18 heavy (non-hydrogen) atoms. The van der Waals surface area contributed by atoms with Crippen LogP contribution in [0.2, 0.25) is 0 Å². The molecular formula is C15H24N2O. The summed E-state index contributed by atoms with van der Waals surface area (Å²) in [5, 5.41) is 3.56. The minimum absolute atomic E-state index is 0.428. The Morgan fingerprint density at radius 3 is 2.50 bits per heavy atom. The maximum absolute atomic E-state index is 5.81. The fourth-order valence-corrected chi connectivity index (χ4v) is 2.76. The van der Waals surface area contributed by atoms with Crippen LogP contribution < -0.4 is 15.8 Å². The predicted molar refractivity (Wildman–Crippen MR) is 76.4 cm³/mol. The van der Waals surface area contributed by atoms with Crippen molar-refractivity contribution in [1.29, 1.82) is 0 Å². The summed E-state index contributed by atoms with van der Waals surface area (Å²) in [6.07, 6.45) is 2.31. The van der Waals surface area contributed by atoms with Crippen molar-refractivity contribution in [2.75, 3.05) is 19.0 Å². The van der Waals surface area contributed by atoms with E-state index in [-0.39, 0.29) is 0 Å². The third-order valence-electron chi connectivity index (χ3n) is 4.08. The second-order valence-corrected chi connectivity index (χ2v) is 5.50. The Morgan fingerprint density at radius 2 is 1.94 bits per heavy atom. The molecule has 0 saturated heterocycles. The van der Waals surface area contributed by atoms with Gasteiger partial charge in [-0.25, -0.2) is 0 Å². The number of hydrogen-bond donors (Lipinski definition) is 2. The van der Waals surface area contributed by atoms with Crippen LogP contribution in [0.3, 0.4) is 0 Å². The number of nitrogens with one attached hydrogen (secondary N) is 1. The van der Waals surface area contributed by atoms with Gasteiger partial charge in [-0.3, -0.25) is 0 Å². The van der Waals surface area contributed by atoms with Gasteiger partial charge >= 0.3 is 0 Å². The summed E-state index contributed by atoms with van der Waals surface area (Å²) in [5.41, 5.74) is 10.7. The first kappa shape index (κ1) is 13.2. The number of benzene rings is 1. The molecule has 1 aromatic carbocycles. The first-order chi connectivity index (χ1) is 8.52. The highest BCUT2D eigenvalue weighted by atomic mass is 16.5. The van der Waals surface area contributed by atoms with Gasteiger partial charge in [-0.2, -0.15) is 0 Å². The molecule has 0 amide bonds. The van der Waals surface area contributed by atoms with Gasteiger partial charge in [0.2, 0.25) is 0 Å². The summed E-state index contributed by atoms with van der Waals surface area (Å²) < 4.78 is 5.44. The summed E-state index contributed by atoms with van der Waals surface area (Å²) in [4.78, 5) is 0. The molecule has 100 valence electrons. The molecule has 3 N–H and O–H groups in total. The van der Waals surface area contributed by atoms with E-state index in [1.165, 1.54) is 22.4 Å². The highest BCUT2D eigenvalue weighted by molar-refractivity contribution is 5.61. The molecule has 0 aliphatic heterocycles. The van der Waals surface area contributed by atoms with Crippen molar-refractivity contribution in [3.8, 4) is 5.75 Å². The van der Waals surface area contributed by atoms with Gasteiger partial charge in [0.15, 0.2) is 0 Å². The largest absolute Gasteiger partial charge is 0.496 e. The molecule has 0 aromatic heterocycles. The van der Waals surface area contributed by atoms with Gasteiger partial charge in [0.1, 0.15) is 5.75 Å². The van der Waals surface area contributed by atoms with Crippen LogP contribution in [-0.2, 0) is 0 Å². The van der Waals surface area contributed by atoms with Gasteiger partial charge in [0.05, 0.1) is 7.11 Å². The lowest BCUT2D eigenvalue weighted by Gasteiger charge is -2.33. The average molecular weight is 248 g/mol. The van der Waals surface area contributed by atoms with Crippen molar-refractivity contribution in [2.24, 2.45) is 11.7 Å². The third kappa shape index (κ3) is 2.46. The van der Waals surface area contributed by atoms with E-state index in [1.54, 1.807) is 7.11 Å². The fourth-order valence-electron chi connectivity index (χ4n) is 2.76. The second-order valence-electron chi connectivity index (χ2n) is 5.50. The van der Waals surface area contributed by atoms with Gasteiger partial charge in [0.25, 0.3) is 0 Å². The molecule has 0 radical (unpaired) electrons. The zero-order valence-corrected chi connectivity index (χ0v) is 11.8. The molecule has 1 aliphatic carbocycles. The van der Waals surface area contributed by atoms with E-state index in [0.29, 0.717) is 6.04 Å². The van der Waals surface area contributed by atoms with E-state index in [4.69, 9.17) is 10.5 Å². The number of hydrogen-bond acceptors (Lipinski definition) is 3. The van der Waals surface area contributed by atoms with Crippen molar-refractivity contribution in [3.63, 3.8) is 0 Å². The first-order valence-corrected chi connectivity index (χ1v) is 6.67. The van der Waals surface area contributed by atoms with Crippen LogP contribution in [0.25, 0.3) is 0 Å². The van der Waals surface area contributed by atoms with Gasteiger partial charge in [-0.1, -0.05) is 0 Å². The molecule has 0 atom stereocenters. The highest BCUT2D eigenvalue weighted by Crippen LogP contribution is 2.32. The summed E-state index contributed by atoms with van der Waals surface area (Å²) >= 11 is 0. The molecule has 3 heteroatoms. The normalized spacial score (nSPS) is 22.5. The van der Waals surface area contributed by atoms with Crippen LogP contribution in [0.5, 0.6) is 5.75 Å². The first-order valence-electron chi connectivity index (χ1n) is 6.67. The lowest BCUT2D eigenvalue weighted by Crippen LogP contribution is -2.39. The molecule has 0 spiro atoms. The van der Waals surface area contributed by atoms with E-state index >= 15 is 0 Å². The maximum Gasteiger partial charge on any atom is 0.125 e. The molecule has 0 bridgehead atoms. The zero-order chi connectivity index (χ0) is 13.3. The minimum atomic E-state index is 0.428. The molecular weight excluding hydrogens is 224 g/mol. The van der Waals surface area contributed by atoms with Crippen molar-refractivity contribution in [3.05, 3.63) is 22.8 Å². The molecule has 1 fully saturated rings. The molecule has 0 unspecified atom stereocenters. The monoisotopic (exact) mass is 248 g/mol. The lowest BCUT2D eigenvalue weighted by molar-refractivity contribution is 0.280. The Labute approximate surface area is 110 Å². The second kappa shape index (κ2) is 5.19. The number of rotatable bonds is 4. The Balaban J connectivity index is 2.08. The lowest BCUT2D eigenvalue weighted by atomic mass is 9.81. The van der Waals surface area contributed by atoms with E-state index in [9.17, 15) is 0 Å². The Kier molecular flexibility index (Phi) is 3.81. The Bertz CT molecular complexity index is 437. The van der Waals surface area contributed by atoms with Crippen molar-refractivity contribution < 1.29 is 4.74 Å². The summed E-state index contributed by atoms with van der Waals surface area (Å²) in [6.45, 7) is 7.38. The van der Waals surface area contributed by atoms with Gasteiger partial charge < -0.3 is 15.8 Å². The molecule has 1 aromatic rings. The van der Waals surface area contributed by atoms with Crippen LogP contribution in [0, 0.1) is 26.7 Å². The topological polar surface area (TPSA) is 47.3 Å². The predicted octanol–water partition coefficient (Wildman–Crippen LogP) is 2.77. The molecule has 2 rings (SSSR count). The number of aryl methyl sites for hydroxylation is 1. The van der Waals surface area contributed by atoms with Crippen molar-refractivity contribution in [1.82, 2.24) is 0 Å². The number of anilines is 1. The van der Waals surface area contributed by atoms with Crippen LogP contribution >= 0.6 is 0 Å². The highest BCUT2D eigenvalue weighted by Gasteiger charge is 2.25. The number of methoxy groups -OCH3 is 1. The van der Waals surface area contributed by atoms with Crippen LogP contribution in [0.4, 0.5) is 5.69 Å². The maximum atomic E-state index is 5.81. The van der Waals surface area contributed by atoms with Gasteiger partial charge in [-0.15, -0.1) is 0 Å². The third-order valence-corrected chi connectivity index (χ3v) is 4.08. The van der Waals surface area contributed by atoms with Crippen LogP contribution in [-0.4, -0.2) is 19.7 Å². The smallest absolute Gasteiger partial charge is 0.125 e. The quantitative estimate of drug-likeness (QED) is 0.861.